The third kappa shape index (κ3) is 5.22. The van der Waals surface area contributed by atoms with E-state index < -0.39 is 0 Å². The van der Waals surface area contributed by atoms with E-state index in [0.717, 1.165) is 26.1 Å². The van der Waals surface area contributed by atoms with Crippen molar-refractivity contribution in [2.75, 3.05) is 32.8 Å². The molecule has 2 fully saturated rings. The molecule has 2 saturated heterocycles. The quantitative estimate of drug-likeness (QED) is 0.498. The Labute approximate surface area is 179 Å². The van der Waals surface area contributed by atoms with Gasteiger partial charge in [0.2, 0.25) is 0 Å². The van der Waals surface area contributed by atoms with Gasteiger partial charge in [-0.15, -0.1) is 0 Å². The van der Waals surface area contributed by atoms with E-state index in [2.05, 4.69) is 67.3 Å². The van der Waals surface area contributed by atoms with Crippen LogP contribution in [0.1, 0.15) is 95.8 Å². The highest BCUT2D eigenvalue weighted by Crippen LogP contribution is 2.44. The summed E-state index contributed by atoms with van der Waals surface area (Å²) in [6.07, 6.45) is 9.01. The first-order valence-corrected chi connectivity index (χ1v) is 12.1. The highest BCUT2D eigenvalue weighted by atomic mass is 16.5. The maximum Gasteiger partial charge on any atom is 0.117 e. The van der Waals surface area contributed by atoms with E-state index in [4.69, 9.17) is 4.74 Å². The predicted molar refractivity (Wildman–Crippen MR) is 122 cm³/mol. The monoisotopic (exact) mass is 401 g/mol. The maximum absolute atomic E-state index is 6.42. The van der Waals surface area contributed by atoms with Gasteiger partial charge in [0.05, 0.1) is 6.61 Å². The minimum atomic E-state index is -0.0734. The number of ether oxygens (including phenoxy) is 1. The molecule has 1 aromatic rings. The summed E-state index contributed by atoms with van der Waals surface area (Å²) in [4.78, 5) is 0. The SMILES string of the molecule is CCCCCN(CCCCC)N1CCC12NCCOC2c1ccc(C(C)C)cc1. The standard InChI is InChI=1S/C25H43N3O/c1-5-7-9-17-27(18-10-8-6-2)28-19-15-25(28)24(29-20-16-26-25)23-13-11-22(12-14-23)21(3)4/h11-14,21,24,26H,5-10,15-20H2,1-4H3. The van der Waals surface area contributed by atoms with Crippen molar-refractivity contribution in [3.8, 4) is 0 Å². The molecule has 2 aliphatic heterocycles. The highest BCUT2D eigenvalue weighted by molar-refractivity contribution is 5.29. The molecule has 4 heteroatoms. The first-order chi connectivity index (χ1) is 14.1. The minimum absolute atomic E-state index is 0.0734. The Morgan fingerprint density at radius 3 is 2.24 bits per heavy atom. The predicted octanol–water partition coefficient (Wildman–Crippen LogP) is 5.47. The van der Waals surface area contributed by atoms with Gasteiger partial charge in [0, 0.05) is 26.2 Å². The van der Waals surface area contributed by atoms with Crippen LogP contribution in [0.25, 0.3) is 0 Å². The summed E-state index contributed by atoms with van der Waals surface area (Å²) >= 11 is 0. The van der Waals surface area contributed by atoms with Crippen LogP contribution in [0.15, 0.2) is 24.3 Å². The van der Waals surface area contributed by atoms with E-state index >= 15 is 0 Å². The molecule has 4 nitrogen and oxygen atoms in total. The lowest BCUT2D eigenvalue weighted by Crippen LogP contribution is -2.77. The van der Waals surface area contributed by atoms with E-state index in [1.807, 2.05) is 0 Å². The van der Waals surface area contributed by atoms with Gasteiger partial charge in [0.25, 0.3) is 0 Å². The summed E-state index contributed by atoms with van der Waals surface area (Å²) in [7, 11) is 0. The largest absolute Gasteiger partial charge is 0.369 e. The van der Waals surface area contributed by atoms with Crippen molar-refractivity contribution in [3.63, 3.8) is 0 Å². The zero-order chi connectivity index (χ0) is 20.7. The molecule has 0 amide bonds. The second-order valence-corrected chi connectivity index (χ2v) is 9.16. The molecule has 2 aliphatic rings. The van der Waals surface area contributed by atoms with E-state index in [-0.39, 0.29) is 11.8 Å². The van der Waals surface area contributed by atoms with Gasteiger partial charge in [-0.25, -0.2) is 10.0 Å². The lowest BCUT2D eigenvalue weighted by molar-refractivity contribution is -0.257. The number of hydrogen-bond donors (Lipinski definition) is 1. The third-order valence-corrected chi connectivity index (χ3v) is 6.70. The van der Waals surface area contributed by atoms with Gasteiger partial charge in [-0.2, -0.15) is 0 Å². The number of morpholine rings is 1. The van der Waals surface area contributed by atoms with Crippen molar-refractivity contribution in [2.24, 2.45) is 0 Å². The van der Waals surface area contributed by atoms with Gasteiger partial charge in [0.1, 0.15) is 11.8 Å². The van der Waals surface area contributed by atoms with Gasteiger partial charge in [-0.3, -0.25) is 5.32 Å². The maximum atomic E-state index is 6.42. The van der Waals surface area contributed by atoms with Crippen molar-refractivity contribution in [2.45, 2.75) is 90.3 Å². The van der Waals surface area contributed by atoms with Crippen LogP contribution in [-0.4, -0.2) is 48.5 Å². The average molecular weight is 402 g/mol. The van der Waals surface area contributed by atoms with E-state index in [1.54, 1.807) is 0 Å². The molecule has 2 atom stereocenters. The molecule has 0 bridgehead atoms. The molecule has 1 spiro atoms. The number of hydrazine groups is 1. The second-order valence-electron chi connectivity index (χ2n) is 9.16. The fraction of sp³-hybridized carbons (Fsp3) is 0.760. The van der Waals surface area contributed by atoms with Crippen molar-refractivity contribution >= 4 is 0 Å². The van der Waals surface area contributed by atoms with Crippen LogP contribution >= 0.6 is 0 Å². The van der Waals surface area contributed by atoms with Crippen molar-refractivity contribution in [3.05, 3.63) is 35.4 Å². The summed E-state index contributed by atoms with van der Waals surface area (Å²) in [5.74, 6) is 0.566. The normalized spacial score (nSPS) is 25.1. The lowest BCUT2D eigenvalue weighted by atomic mass is 9.84. The van der Waals surface area contributed by atoms with Crippen LogP contribution in [0.4, 0.5) is 0 Å². The first kappa shape index (κ1) is 22.7. The topological polar surface area (TPSA) is 27.7 Å². The Balaban J connectivity index is 1.77. The fourth-order valence-electron chi connectivity index (χ4n) is 4.84. The van der Waals surface area contributed by atoms with Crippen molar-refractivity contribution < 1.29 is 4.74 Å². The van der Waals surface area contributed by atoms with E-state index in [9.17, 15) is 0 Å². The molecule has 29 heavy (non-hydrogen) atoms. The summed E-state index contributed by atoms with van der Waals surface area (Å²) in [6, 6.07) is 9.16. The molecule has 1 aromatic carbocycles. The Morgan fingerprint density at radius 2 is 1.72 bits per heavy atom. The Hall–Kier alpha value is -0.940. The zero-order valence-electron chi connectivity index (χ0n) is 19.3. The Morgan fingerprint density at radius 1 is 1.07 bits per heavy atom. The molecule has 3 rings (SSSR count). The molecule has 2 unspecified atom stereocenters. The average Bonchev–Trinajstić information content (AvgIpc) is 2.73. The number of unbranched alkanes of at least 4 members (excludes halogenated alkanes) is 4. The summed E-state index contributed by atoms with van der Waals surface area (Å²) in [5.41, 5.74) is 2.64. The van der Waals surface area contributed by atoms with E-state index in [1.165, 1.54) is 62.7 Å². The van der Waals surface area contributed by atoms with Crippen LogP contribution in [0.5, 0.6) is 0 Å². The molecule has 2 heterocycles. The molecule has 0 radical (unpaired) electrons. The van der Waals surface area contributed by atoms with Crippen LogP contribution in [0.2, 0.25) is 0 Å². The summed E-state index contributed by atoms with van der Waals surface area (Å²) in [6.45, 7) is 14.3. The Bertz CT molecular complexity index is 593. The van der Waals surface area contributed by atoms with Gasteiger partial charge in [0.15, 0.2) is 0 Å². The third-order valence-electron chi connectivity index (χ3n) is 6.70. The van der Waals surface area contributed by atoms with Crippen LogP contribution in [0.3, 0.4) is 0 Å². The zero-order valence-corrected chi connectivity index (χ0v) is 19.3. The molecule has 0 aliphatic carbocycles. The fourth-order valence-corrected chi connectivity index (χ4v) is 4.84. The minimum Gasteiger partial charge on any atom is -0.369 e. The molecule has 0 saturated carbocycles. The van der Waals surface area contributed by atoms with Gasteiger partial charge in [-0.05, 0) is 36.3 Å². The number of rotatable bonds is 11. The molecule has 0 aromatic heterocycles. The second kappa shape index (κ2) is 10.9. The molecule has 164 valence electrons. The van der Waals surface area contributed by atoms with Crippen molar-refractivity contribution in [1.29, 1.82) is 0 Å². The lowest BCUT2D eigenvalue weighted by Gasteiger charge is -2.61. The number of hydrogen-bond acceptors (Lipinski definition) is 4. The summed E-state index contributed by atoms with van der Waals surface area (Å²) in [5, 5.41) is 9.16. The van der Waals surface area contributed by atoms with Gasteiger partial charge in [-0.1, -0.05) is 77.6 Å². The van der Waals surface area contributed by atoms with Gasteiger partial charge < -0.3 is 4.74 Å². The van der Waals surface area contributed by atoms with Gasteiger partial charge >= 0.3 is 0 Å². The van der Waals surface area contributed by atoms with E-state index in [0.29, 0.717) is 5.92 Å². The van der Waals surface area contributed by atoms with Crippen LogP contribution in [0, 0.1) is 0 Å². The molecule has 1 N–H and O–H groups in total. The molecular formula is C25H43N3O. The summed E-state index contributed by atoms with van der Waals surface area (Å²) < 4.78 is 6.42. The first-order valence-electron chi connectivity index (χ1n) is 12.1. The van der Waals surface area contributed by atoms with Crippen LogP contribution < -0.4 is 5.32 Å². The number of nitrogens with zero attached hydrogens (tertiary/aromatic N) is 2. The van der Waals surface area contributed by atoms with Crippen LogP contribution in [-0.2, 0) is 4.74 Å². The Kier molecular flexibility index (Phi) is 8.55. The smallest absolute Gasteiger partial charge is 0.117 e. The van der Waals surface area contributed by atoms with Crippen molar-refractivity contribution in [1.82, 2.24) is 15.3 Å². The highest BCUT2D eigenvalue weighted by Gasteiger charge is 2.55. The molecular weight excluding hydrogens is 358 g/mol. The number of benzene rings is 1. The number of nitrogens with one attached hydrogen (secondary N) is 1.